The molecule has 1 saturated heterocycles. The number of nitrogens with one attached hydrogen (secondary N) is 1. The van der Waals surface area contributed by atoms with Crippen LogP contribution in [0.1, 0.15) is 33.1 Å². The molecule has 4 nitrogen and oxygen atoms in total. The highest BCUT2D eigenvalue weighted by atomic mass is 16.2. The summed E-state index contributed by atoms with van der Waals surface area (Å²) in [5.74, 6) is 0. The van der Waals surface area contributed by atoms with Crippen molar-refractivity contribution in [3.8, 4) is 0 Å². The number of carbonyl (C=O) groups excluding carboxylic acids is 1. The highest BCUT2D eigenvalue weighted by Gasteiger charge is 2.32. The SMILES string of the molecule is CCC1CCC(C)N1C(=O)Nc1ccc(N)cc1. The molecule has 1 aromatic rings. The van der Waals surface area contributed by atoms with Gasteiger partial charge in [-0.25, -0.2) is 4.79 Å². The summed E-state index contributed by atoms with van der Waals surface area (Å²) in [4.78, 5) is 14.2. The summed E-state index contributed by atoms with van der Waals surface area (Å²) < 4.78 is 0. The smallest absolute Gasteiger partial charge is 0.322 e. The van der Waals surface area contributed by atoms with Gasteiger partial charge < -0.3 is 16.0 Å². The Balaban J connectivity index is 2.05. The molecule has 2 rings (SSSR count). The van der Waals surface area contributed by atoms with Gasteiger partial charge in [-0.2, -0.15) is 0 Å². The van der Waals surface area contributed by atoms with E-state index in [4.69, 9.17) is 5.73 Å². The lowest BCUT2D eigenvalue weighted by Crippen LogP contribution is -2.42. The maximum Gasteiger partial charge on any atom is 0.322 e. The molecular weight excluding hydrogens is 226 g/mol. The van der Waals surface area contributed by atoms with Gasteiger partial charge in [-0.3, -0.25) is 0 Å². The Labute approximate surface area is 108 Å². The van der Waals surface area contributed by atoms with Crippen molar-refractivity contribution in [2.24, 2.45) is 0 Å². The molecular formula is C14H21N3O. The molecule has 1 fully saturated rings. The Bertz CT molecular complexity index is 416. The Kier molecular flexibility index (Phi) is 3.75. The van der Waals surface area contributed by atoms with Gasteiger partial charge >= 0.3 is 6.03 Å². The zero-order valence-corrected chi connectivity index (χ0v) is 11.0. The van der Waals surface area contributed by atoms with Crippen LogP contribution in [0, 0.1) is 0 Å². The number of benzene rings is 1. The molecule has 0 spiro atoms. The van der Waals surface area contributed by atoms with Gasteiger partial charge in [0.1, 0.15) is 0 Å². The predicted octanol–water partition coefficient (Wildman–Crippen LogP) is 3.06. The topological polar surface area (TPSA) is 58.4 Å². The van der Waals surface area contributed by atoms with Gasteiger partial charge in [0.25, 0.3) is 0 Å². The first-order chi connectivity index (χ1) is 8.61. The van der Waals surface area contributed by atoms with Crippen LogP contribution in [0.2, 0.25) is 0 Å². The Morgan fingerprint density at radius 1 is 1.39 bits per heavy atom. The molecule has 0 aliphatic carbocycles. The molecule has 1 aromatic carbocycles. The number of nitrogens with two attached hydrogens (primary N) is 1. The van der Waals surface area contributed by atoms with Gasteiger partial charge in [0, 0.05) is 23.5 Å². The minimum atomic E-state index is -0.00313. The minimum Gasteiger partial charge on any atom is -0.399 e. The van der Waals surface area contributed by atoms with Crippen LogP contribution in [0.15, 0.2) is 24.3 Å². The van der Waals surface area contributed by atoms with Crippen molar-refractivity contribution >= 4 is 17.4 Å². The van der Waals surface area contributed by atoms with Gasteiger partial charge in [-0.1, -0.05) is 6.92 Å². The molecule has 2 atom stereocenters. The third kappa shape index (κ3) is 2.58. The number of likely N-dealkylation sites (tertiary alicyclic amines) is 1. The molecule has 0 saturated carbocycles. The zero-order valence-electron chi connectivity index (χ0n) is 11.0. The van der Waals surface area contributed by atoms with E-state index < -0.39 is 0 Å². The Hall–Kier alpha value is -1.71. The fourth-order valence-electron chi connectivity index (χ4n) is 2.59. The van der Waals surface area contributed by atoms with Crippen LogP contribution in [0.4, 0.5) is 16.2 Å². The molecule has 2 amide bonds. The monoisotopic (exact) mass is 247 g/mol. The van der Waals surface area contributed by atoms with Crippen molar-refractivity contribution < 1.29 is 4.79 Å². The number of amides is 2. The van der Waals surface area contributed by atoms with E-state index in [1.807, 2.05) is 17.0 Å². The molecule has 0 bridgehead atoms. The normalized spacial score (nSPS) is 23.1. The summed E-state index contributed by atoms with van der Waals surface area (Å²) in [6, 6.07) is 7.93. The van der Waals surface area contributed by atoms with Crippen LogP contribution in [-0.2, 0) is 0 Å². The number of rotatable bonds is 2. The second-order valence-electron chi connectivity index (χ2n) is 4.95. The molecule has 1 heterocycles. The maximum atomic E-state index is 12.3. The van der Waals surface area contributed by atoms with Gasteiger partial charge in [-0.05, 0) is 50.5 Å². The first kappa shape index (κ1) is 12.7. The van der Waals surface area contributed by atoms with Crippen LogP contribution in [0.25, 0.3) is 0 Å². The maximum absolute atomic E-state index is 12.3. The lowest BCUT2D eigenvalue weighted by molar-refractivity contribution is 0.188. The van der Waals surface area contributed by atoms with Crippen LogP contribution in [0.5, 0.6) is 0 Å². The van der Waals surface area contributed by atoms with E-state index in [0.29, 0.717) is 17.8 Å². The molecule has 2 unspecified atom stereocenters. The Morgan fingerprint density at radius 2 is 2.06 bits per heavy atom. The first-order valence-corrected chi connectivity index (χ1v) is 6.56. The fraction of sp³-hybridized carbons (Fsp3) is 0.500. The average Bonchev–Trinajstić information content (AvgIpc) is 2.73. The summed E-state index contributed by atoms with van der Waals surface area (Å²) in [6.45, 7) is 4.24. The highest BCUT2D eigenvalue weighted by Crippen LogP contribution is 2.26. The first-order valence-electron chi connectivity index (χ1n) is 6.56. The molecule has 18 heavy (non-hydrogen) atoms. The third-order valence-electron chi connectivity index (χ3n) is 3.65. The van der Waals surface area contributed by atoms with Gasteiger partial charge in [0.15, 0.2) is 0 Å². The lowest BCUT2D eigenvalue weighted by atomic mass is 10.2. The number of carbonyl (C=O) groups is 1. The van der Waals surface area contributed by atoms with Crippen molar-refractivity contribution in [2.75, 3.05) is 11.1 Å². The highest BCUT2D eigenvalue weighted by molar-refractivity contribution is 5.90. The van der Waals surface area contributed by atoms with Crippen molar-refractivity contribution in [3.63, 3.8) is 0 Å². The lowest BCUT2D eigenvalue weighted by Gasteiger charge is -2.28. The van der Waals surface area contributed by atoms with Gasteiger partial charge in [0.2, 0.25) is 0 Å². The number of urea groups is 1. The van der Waals surface area contributed by atoms with Gasteiger partial charge in [-0.15, -0.1) is 0 Å². The van der Waals surface area contributed by atoms with Crippen LogP contribution < -0.4 is 11.1 Å². The Morgan fingerprint density at radius 3 is 2.67 bits per heavy atom. The van der Waals surface area contributed by atoms with E-state index in [9.17, 15) is 4.79 Å². The molecule has 1 aliphatic rings. The number of hydrogen-bond donors (Lipinski definition) is 2. The average molecular weight is 247 g/mol. The second-order valence-corrected chi connectivity index (χ2v) is 4.95. The van der Waals surface area contributed by atoms with Crippen molar-refractivity contribution in [3.05, 3.63) is 24.3 Å². The van der Waals surface area contributed by atoms with Crippen molar-refractivity contribution in [2.45, 2.75) is 45.2 Å². The second kappa shape index (κ2) is 5.29. The fourth-order valence-corrected chi connectivity index (χ4v) is 2.59. The summed E-state index contributed by atoms with van der Waals surface area (Å²) in [7, 11) is 0. The number of hydrogen-bond acceptors (Lipinski definition) is 2. The van der Waals surface area contributed by atoms with Crippen LogP contribution >= 0.6 is 0 Å². The minimum absolute atomic E-state index is 0.00313. The van der Waals surface area contributed by atoms with E-state index in [0.717, 1.165) is 24.9 Å². The number of anilines is 2. The predicted molar refractivity (Wildman–Crippen MR) is 74.5 cm³/mol. The van der Waals surface area contributed by atoms with Gasteiger partial charge in [0.05, 0.1) is 0 Å². The van der Waals surface area contributed by atoms with Crippen LogP contribution in [0.3, 0.4) is 0 Å². The summed E-state index contributed by atoms with van der Waals surface area (Å²) in [5, 5.41) is 2.94. The molecule has 1 aliphatic heterocycles. The number of nitrogens with zero attached hydrogens (tertiary/aromatic N) is 1. The van der Waals surface area contributed by atoms with Crippen molar-refractivity contribution in [1.82, 2.24) is 4.90 Å². The zero-order chi connectivity index (χ0) is 13.1. The molecule has 0 aromatic heterocycles. The number of nitrogen functional groups attached to an aromatic ring is 1. The molecule has 3 N–H and O–H groups in total. The summed E-state index contributed by atoms with van der Waals surface area (Å²) in [6.07, 6.45) is 3.21. The molecule has 0 radical (unpaired) electrons. The van der Waals surface area contributed by atoms with E-state index >= 15 is 0 Å². The largest absolute Gasteiger partial charge is 0.399 e. The van der Waals surface area contributed by atoms with E-state index in [1.165, 1.54) is 0 Å². The van der Waals surface area contributed by atoms with E-state index in [-0.39, 0.29) is 6.03 Å². The van der Waals surface area contributed by atoms with E-state index in [2.05, 4.69) is 19.2 Å². The third-order valence-corrected chi connectivity index (χ3v) is 3.65. The van der Waals surface area contributed by atoms with Crippen molar-refractivity contribution in [1.29, 1.82) is 0 Å². The van der Waals surface area contributed by atoms with E-state index in [1.54, 1.807) is 12.1 Å². The summed E-state index contributed by atoms with van der Waals surface area (Å²) in [5.41, 5.74) is 7.12. The quantitative estimate of drug-likeness (QED) is 0.789. The standard InChI is InChI=1S/C14H21N3O/c1-3-13-9-4-10(2)17(13)14(18)16-12-7-5-11(15)6-8-12/h5-8,10,13H,3-4,9,15H2,1-2H3,(H,16,18). The molecule has 98 valence electrons. The molecule has 4 heteroatoms. The van der Waals surface area contributed by atoms with Crippen LogP contribution in [-0.4, -0.2) is 23.0 Å². The summed E-state index contributed by atoms with van der Waals surface area (Å²) >= 11 is 0.